The van der Waals surface area contributed by atoms with E-state index in [1.54, 1.807) is 6.07 Å². The van der Waals surface area contributed by atoms with Gasteiger partial charge in [0.05, 0.1) is 16.9 Å². The van der Waals surface area contributed by atoms with Gasteiger partial charge in [-0.2, -0.15) is 0 Å². The van der Waals surface area contributed by atoms with E-state index < -0.39 is 29.6 Å². The predicted octanol–water partition coefficient (Wildman–Crippen LogP) is 2.09. The lowest BCUT2D eigenvalue weighted by atomic mass is 9.85. The van der Waals surface area contributed by atoms with Crippen molar-refractivity contribution < 1.29 is 24.2 Å². The molecule has 2 rings (SSSR count). The maximum Gasteiger partial charge on any atom is 0.308 e. The number of halogens is 2. The minimum absolute atomic E-state index is 0.0340. The molecular formula is C14H15ClFNO4. The van der Waals surface area contributed by atoms with Crippen molar-refractivity contribution in [2.45, 2.75) is 13.0 Å². The van der Waals surface area contributed by atoms with Gasteiger partial charge in [0.1, 0.15) is 5.82 Å². The van der Waals surface area contributed by atoms with Crippen molar-refractivity contribution in [2.75, 3.05) is 13.1 Å². The third-order valence-corrected chi connectivity index (χ3v) is 4.03. The molecule has 1 aromatic carbocycles. The van der Waals surface area contributed by atoms with E-state index in [9.17, 15) is 14.0 Å². The number of hydrogen-bond acceptors (Lipinski definition) is 3. The van der Waals surface area contributed by atoms with Crippen LogP contribution in [0.25, 0.3) is 0 Å². The van der Waals surface area contributed by atoms with Crippen molar-refractivity contribution in [1.82, 2.24) is 4.90 Å². The lowest BCUT2D eigenvalue weighted by Gasteiger charge is -2.34. The number of nitrogens with zero attached hydrogens (tertiary/aromatic N) is 1. The van der Waals surface area contributed by atoms with E-state index in [1.165, 1.54) is 12.1 Å². The number of rotatable bonds is 4. The van der Waals surface area contributed by atoms with Crippen molar-refractivity contribution in [3.8, 4) is 0 Å². The van der Waals surface area contributed by atoms with E-state index in [0.29, 0.717) is 18.7 Å². The Bertz CT molecular complexity index is 566. The highest BCUT2D eigenvalue weighted by molar-refractivity contribution is 6.30. The number of carbonyl (C=O) groups is 2. The molecule has 7 heteroatoms. The molecular weight excluding hydrogens is 301 g/mol. The van der Waals surface area contributed by atoms with Gasteiger partial charge in [0.2, 0.25) is 0 Å². The minimum atomic E-state index is -1.12. The fourth-order valence-corrected chi connectivity index (χ4v) is 2.72. The second kappa shape index (κ2) is 6.41. The second-order valence-electron chi connectivity index (χ2n) is 5.16. The summed E-state index contributed by atoms with van der Waals surface area (Å²) in [5.41, 5.74) is 0.676. The van der Waals surface area contributed by atoms with Gasteiger partial charge in [0.25, 0.3) is 0 Å². The largest absolute Gasteiger partial charge is 0.481 e. The highest BCUT2D eigenvalue weighted by atomic mass is 35.5. The molecule has 0 aromatic heterocycles. The van der Waals surface area contributed by atoms with Crippen molar-refractivity contribution in [3.05, 3.63) is 34.6 Å². The Morgan fingerprint density at radius 2 is 1.95 bits per heavy atom. The van der Waals surface area contributed by atoms with E-state index in [-0.39, 0.29) is 18.0 Å². The van der Waals surface area contributed by atoms with Crippen LogP contribution in [-0.4, -0.2) is 40.1 Å². The zero-order chi connectivity index (χ0) is 15.6. The van der Waals surface area contributed by atoms with Crippen LogP contribution in [0.15, 0.2) is 18.2 Å². The Balaban J connectivity index is 2.07. The highest BCUT2D eigenvalue weighted by Gasteiger charge is 2.38. The Morgan fingerprint density at radius 1 is 1.29 bits per heavy atom. The first-order valence-electron chi connectivity index (χ1n) is 6.50. The van der Waals surface area contributed by atoms with Gasteiger partial charge in [-0.15, -0.1) is 0 Å². The molecule has 0 bridgehead atoms. The maximum atomic E-state index is 13.4. The van der Waals surface area contributed by atoms with E-state index in [2.05, 4.69) is 0 Å². The molecule has 2 N–H and O–H groups in total. The van der Waals surface area contributed by atoms with Crippen LogP contribution in [0.3, 0.4) is 0 Å². The molecule has 1 aliphatic heterocycles. The zero-order valence-corrected chi connectivity index (χ0v) is 11.9. The number of likely N-dealkylation sites (tertiary alicyclic amines) is 1. The number of aliphatic carboxylic acids is 2. The second-order valence-corrected chi connectivity index (χ2v) is 5.57. The molecule has 0 radical (unpaired) electrons. The van der Waals surface area contributed by atoms with Crippen LogP contribution < -0.4 is 0 Å². The lowest BCUT2D eigenvalue weighted by molar-refractivity contribution is -0.157. The van der Waals surface area contributed by atoms with Crippen molar-refractivity contribution in [2.24, 2.45) is 11.8 Å². The predicted molar refractivity (Wildman–Crippen MR) is 73.6 cm³/mol. The van der Waals surface area contributed by atoms with Gasteiger partial charge >= 0.3 is 11.9 Å². The molecule has 2 unspecified atom stereocenters. The molecule has 5 nitrogen and oxygen atoms in total. The maximum absolute atomic E-state index is 13.4. The summed E-state index contributed by atoms with van der Waals surface area (Å²) in [5.74, 6) is -4.55. The summed E-state index contributed by atoms with van der Waals surface area (Å²) >= 11 is 5.61. The number of carboxylic acids is 2. The van der Waals surface area contributed by atoms with Gasteiger partial charge in [-0.05, 0) is 30.7 Å². The van der Waals surface area contributed by atoms with Gasteiger partial charge in [-0.1, -0.05) is 17.7 Å². The number of carboxylic acid groups (broad SMARTS) is 2. The molecule has 2 atom stereocenters. The zero-order valence-electron chi connectivity index (χ0n) is 11.1. The quantitative estimate of drug-likeness (QED) is 0.889. The van der Waals surface area contributed by atoms with Crippen LogP contribution >= 0.6 is 11.6 Å². The topological polar surface area (TPSA) is 77.8 Å². The molecule has 21 heavy (non-hydrogen) atoms. The van der Waals surface area contributed by atoms with Gasteiger partial charge in [-0.3, -0.25) is 14.5 Å². The summed E-state index contributed by atoms with van der Waals surface area (Å²) in [5, 5.41) is 18.2. The lowest BCUT2D eigenvalue weighted by Crippen LogP contribution is -2.46. The van der Waals surface area contributed by atoms with E-state index in [0.717, 1.165) is 0 Å². The molecule has 0 saturated carbocycles. The third-order valence-electron chi connectivity index (χ3n) is 3.72. The van der Waals surface area contributed by atoms with Gasteiger partial charge in [0.15, 0.2) is 0 Å². The Morgan fingerprint density at radius 3 is 2.52 bits per heavy atom. The summed E-state index contributed by atoms with van der Waals surface area (Å²) in [6, 6.07) is 4.43. The minimum Gasteiger partial charge on any atom is -0.481 e. The number of benzene rings is 1. The molecule has 1 aromatic rings. The molecule has 0 amide bonds. The molecule has 114 valence electrons. The monoisotopic (exact) mass is 315 g/mol. The van der Waals surface area contributed by atoms with Crippen LogP contribution in [0.4, 0.5) is 4.39 Å². The third kappa shape index (κ3) is 3.71. The molecule has 0 spiro atoms. The molecule has 1 aliphatic rings. The van der Waals surface area contributed by atoms with E-state index >= 15 is 0 Å². The SMILES string of the molecule is O=C(O)C1CCN(Cc2ccc(Cl)c(F)c2)CC1C(=O)O. The first-order chi connectivity index (χ1) is 9.88. The normalized spacial score (nSPS) is 23.0. The average Bonchev–Trinajstić information content (AvgIpc) is 2.42. The average molecular weight is 316 g/mol. The standard InChI is InChI=1S/C14H15ClFNO4/c15-11-2-1-8(5-12(11)16)6-17-4-3-9(13(18)19)10(7-17)14(20)21/h1-2,5,9-10H,3-4,6-7H2,(H,18,19)(H,20,21). The summed E-state index contributed by atoms with van der Waals surface area (Å²) in [6.07, 6.45) is 0.266. The Labute approximate surface area is 125 Å². The van der Waals surface area contributed by atoms with Crippen LogP contribution in [0.5, 0.6) is 0 Å². The molecule has 1 saturated heterocycles. The fourth-order valence-electron chi connectivity index (χ4n) is 2.61. The molecule has 1 heterocycles. The highest BCUT2D eigenvalue weighted by Crippen LogP contribution is 2.26. The summed E-state index contributed by atoms with van der Waals surface area (Å²) in [6.45, 7) is 0.964. The first-order valence-corrected chi connectivity index (χ1v) is 6.88. The van der Waals surface area contributed by atoms with Crippen LogP contribution in [0.2, 0.25) is 5.02 Å². The van der Waals surface area contributed by atoms with Gasteiger partial charge < -0.3 is 10.2 Å². The van der Waals surface area contributed by atoms with Crippen molar-refractivity contribution in [1.29, 1.82) is 0 Å². The van der Waals surface area contributed by atoms with Crippen LogP contribution in [0, 0.1) is 17.7 Å². The van der Waals surface area contributed by atoms with Crippen molar-refractivity contribution >= 4 is 23.5 Å². The molecule has 1 fully saturated rings. The van der Waals surface area contributed by atoms with E-state index in [1.807, 2.05) is 4.90 Å². The van der Waals surface area contributed by atoms with E-state index in [4.69, 9.17) is 21.8 Å². The summed E-state index contributed by atoms with van der Waals surface area (Å²) in [7, 11) is 0. The summed E-state index contributed by atoms with van der Waals surface area (Å²) in [4.78, 5) is 24.1. The summed E-state index contributed by atoms with van der Waals surface area (Å²) < 4.78 is 13.4. The van der Waals surface area contributed by atoms with Gasteiger partial charge in [-0.25, -0.2) is 4.39 Å². The van der Waals surface area contributed by atoms with Gasteiger partial charge in [0, 0.05) is 13.1 Å². The Kier molecular flexibility index (Phi) is 4.80. The van der Waals surface area contributed by atoms with Crippen LogP contribution in [-0.2, 0) is 16.1 Å². The molecule has 0 aliphatic carbocycles. The fraction of sp³-hybridized carbons (Fsp3) is 0.429. The van der Waals surface area contributed by atoms with Crippen LogP contribution in [0.1, 0.15) is 12.0 Å². The first kappa shape index (κ1) is 15.7. The Hall–Kier alpha value is -1.66. The number of piperidine rings is 1. The van der Waals surface area contributed by atoms with Crippen molar-refractivity contribution in [3.63, 3.8) is 0 Å². The number of hydrogen-bond donors (Lipinski definition) is 2. The smallest absolute Gasteiger partial charge is 0.308 e.